The molecule has 0 spiro atoms. The van der Waals surface area contributed by atoms with Crippen LogP contribution in [0.25, 0.3) is 11.1 Å². The van der Waals surface area contributed by atoms with E-state index in [1.54, 1.807) is 0 Å². The molecule has 0 fully saturated rings. The third kappa shape index (κ3) is 4.50. The molecule has 0 aromatic heterocycles. The van der Waals surface area contributed by atoms with Crippen LogP contribution in [-0.4, -0.2) is 43.0 Å². The van der Waals surface area contributed by atoms with Gasteiger partial charge in [0, 0.05) is 5.92 Å². The number of hydrogen-bond donors (Lipinski definition) is 2. The molecule has 0 bridgehead atoms. The first kappa shape index (κ1) is 21.6. The molecule has 2 atom stereocenters. The second-order valence-electron chi connectivity index (χ2n) is 7.73. The number of fused-ring (bicyclic) bond motifs is 3. The lowest BCUT2D eigenvalue weighted by Crippen LogP contribution is -2.49. The Labute approximate surface area is 186 Å². The van der Waals surface area contributed by atoms with Gasteiger partial charge in [-0.15, -0.1) is 0 Å². The predicted octanol–water partition coefficient (Wildman–Crippen LogP) is 3.67. The number of methoxy groups -OCH3 is 1. The lowest BCUT2D eigenvalue weighted by Gasteiger charge is -2.23. The van der Waals surface area contributed by atoms with Gasteiger partial charge >= 0.3 is 12.1 Å². The largest absolute Gasteiger partial charge is 0.467 e. The topological polar surface area (TPSA) is 84.9 Å². The average Bonchev–Trinajstić information content (AvgIpc) is 3.15. The summed E-state index contributed by atoms with van der Waals surface area (Å²) in [6.45, 7) is 0.145. The fraction of sp³-hybridized carbons (Fsp3) is 0.231. The van der Waals surface area contributed by atoms with E-state index in [0.29, 0.717) is 0 Å². The fourth-order valence-electron chi connectivity index (χ4n) is 4.19. The van der Waals surface area contributed by atoms with E-state index in [2.05, 4.69) is 22.2 Å². The van der Waals surface area contributed by atoms with Crippen molar-refractivity contribution >= 4 is 12.1 Å². The molecular formula is C26H25NO5. The van der Waals surface area contributed by atoms with Crippen LogP contribution in [-0.2, 0) is 20.7 Å². The van der Waals surface area contributed by atoms with Crippen LogP contribution < -0.4 is 5.32 Å². The van der Waals surface area contributed by atoms with E-state index in [-0.39, 0.29) is 18.9 Å². The summed E-state index contributed by atoms with van der Waals surface area (Å²) in [7, 11) is 1.19. The van der Waals surface area contributed by atoms with Gasteiger partial charge < -0.3 is 19.9 Å². The molecule has 6 heteroatoms. The number of carbonyl (C=O) groups excluding carboxylic acids is 2. The number of rotatable bonds is 7. The molecule has 1 aliphatic rings. The number of nitrogens with one attached hydrogen (secondary N) is 1. The minimum Gasteiger partial charge on any atom is -0.467 e. The van der Waals surface area contributed by atoms with Crippen molar-refractivity contribution in [2.45, 2.75) is 24.5 Å². The monoisotopic (exact) mass is 431 g/mol. The maximum Gasteiger partial charge on any atom is 0.407 e. The van der Waals surface area contributed by atoms with Crippen LogP contribution in [0.1, 0.15) is 22.6 Å². The molecule has 0 heterocycles. The molecule has 0 saturated heterocycles. The van der Waals surface area contributed by atoms with Gasteiger partial charge in [0.1, 0.15) is 6.61 Å². The van der Waals surface area contributed by atoms with Crippen molar-refractivity contribution in [3.8, 4) is 11.1 Å². The smallest absolute Gasteiger partial charge is 0.407 e. The van der Waals surface area contributed by atoms with Crippen LogP contribution in [0.2, 0.25) is 0 Å². The molecular weight excluding hydrogens is 406 g/mol. The Kier molecular flexibility index (Phi) is 6.52. The Hall–Kier alpha value is -3.64. The van der Waals surface area contributed by atoms with Gasteiger partial charge in [-0.2, -0.15) is 0 Å². The van der Waals surface area contributed by atoms with Crippen LogP contribution >= 0.6 is 0 Å². The molecule has 164 valence electrons. The first-order valence-electron chi connectivity index (χ1n) is 10.5. The average molecular weight is 431 g/mol. The molecule has 0 saturated carbocycles. The number of ether oxygens (including phenoxy) is 2. The number of amides is 1. The molecule has 3 aromatic carbocycles. The lowest BCUT2D eigenvalue weighted by atomic mass is 9.98. The maximum absolute atomic E-state index is 12.6. The summed E-state index contributed by atoms with van der Waals surface area (Å²) in [6.07, 6.45) is -1.96. The van der Waals surface area contributed by atoms with Crippen LogP contribution in [0.15, 0.2) is 78.9 Å². The number of benzene rings is 3. The fourth-order valence-corrected chi connectivity index (χ4v) is 4.19. The van der Waals surface area contributed by atoms with Crippen LogP contribution in [0.5, 0.6) is 0 Å². The summed E-state index contributed by atoms with van der Waals surface area (Å²) in [5.41, 5.74) is 5.36. The normalized spacial score (nSPS) is 14.1. The molecule has 3 aromatic rings. The summed E-state index contributed by atoms with van der Waals surface area (Å²) in [5, 5.41) is 13.0. The van der Waals surface area contributed by atoms with Crippen molar-refractivity contribution in [1.82, 2.24) is 5.32 Å². The van der Waals surface area contributed by atoms with Gasteiger partial charge in [0.25, 0.3) is 0 Å². The van der Waals surface area contributed by atoms with E-state index in [9.17, 15) is 14.7 Å². The van der Waals surface area contributed by atoms with Crippen molar-refractivity contribution in [3.63, 3.8) is 0 Å². The Bertz CT molecular complexity index is 1050. The van der Waals surface area contributed by atoms with Gasteiger partial charge in [-0.3, -0.25) is 0 Å². The standard InChI is InChI=1S/C26H25NO5/c1-31-25(29)24(28)23(15-17-9-3-2-4-10-17)27-26(30)32-16-22-20-13-7-5-11-18(20)19-12-6-8-14-21(19)22/h2-14,22-24,28H,15-16H2,1H3,(H,27,30)/t23-,24+/m0/s1. The van der Waals surface area contributed by atoms with Crippen LogP contribution in [0, 0.1) is 0 Å². The molecule has 32 heavy (non-hydrogen) atoms. The molecule has 1 aliphatic carbocycles. The van der Waals surface area contributed by atoms with Crippen LogP contribution in [0.3, 0.4) is 0 Å². The minimum absolute atomic E-state index is 0.0775. The SMILES string of the molecule is COC(=O)[C@H](O)[C@H](Cc1ccccc1)NC(=O)OCC1c2ccccc2-c2ccccc21. The number of esters is 1. The predicted molar refractivity (Wildman–Crippen MR) is 120 cm³/mol. The summed E-state index contributed by atoms with van der Waals surface area (Å²) in [5.74, 6) is -0.892. The van der Waals surface area contributed by atoms with Gasteiger partial charge in [-0.25, -0.2) is 9.59 Å². The van der Waals surface area contributed by atoms with Gasteiger partial charge in [-0.1, -0.05) is 78.9 Å². The zero-order chi connectivity index (χ0) is 22.5. The third-order valence-electron chi connectivity index (χ3n) is 5.77. The molecule has 0 aliphatic heterocycles. The number of aliphatic hydroxyl groups excluding tert-OH is 1. The minimum atomic E-state index is -1.51. The van der Waals surface area contributed by atoms with Gasteiger partial charge in [0.05, 0.1) is 13.2 Å². The third-order valence-corrected chi connectivity index (χ3v) is 5.77. The van der Waals surface area contributed by atoms with E-state index < -0.39 is 24.2 Å². The number of carbonyl (C=O) groups is 2. The lowest BCUT2D eigenvalue weighted by molar-refractivity contribution is -0.151. The van der Waals surface area contributed by atoms with Crippen molar-refractivity contribution in [2.24, 2.45) is 0 Å². The second-order valence-corrected chi connectivity index (χ2v) is 7.73. The zero-order valence-corrected chi connectivity index (χ0v) is 17.7. The van der Waals surface area contributed by atoms with E-state index in [1.807, 2.05) is 66.7 Å². The first-order chi connectivity index (χ1) is 15.6. The number of hydrogen-bond acceptors (Lipinski definition) is 5. The highest BCUT2D eigenvalue weighted by atomic mass is 16.6. The van der Waals surface area contributed by atoms with E-state index >= 15 is 0 Å². The van der Waals surface area contributed by atoms with E-state index in [1.165, 1.54) is 7.11 Å². The molecule has 0 radical (unpaired) electrons. The molecule has 0 unspecified atom stereocenters. The summed E-state index contributed by atoms with van der Waals surface area (Å²) < 4.78 is 10.2. The molecule has 4 rings (SSSR count). The second kappa shape index (κ2) is 9.66. The number of aliphatic hydroxyl groups is 1. The van der Waals surface area contributed by atoms with Crippen molar-refractivity contribution in [1.29, 1.82) is 0 Å². The zero-order valence-electron chi connectivity index (χ0n) is 17.7. The Morgan fingerprint density at radius 3 is 2.06 bits per heavy atom. The highest BCUT2D eigenvalue weighted by Gasteiger charge is 2.31. The highest BCUT2D eigenvalue weighted by Crippen LogP contribution is 2.44. The van der Waals surface area contributed by atoms with Crippen molar-refractivity contribution in [3.05, 3.63) is 95.6 Å². The molecule has 1 amide bonds. The van der Waals surface area contributed by atoms with E-state index in [0.717, 1.165) is 27.8 Å². The highest BCUT2D eigenvalue weighted by molar-refractivity contribution is 5.79. The summed E-state index contributed by atoms with van der Waals surface area (Å²) in [6, 6.07) is 24.5. The van der Waals surface area contributed by atoms with Crippen molar-refractivity contribution < 1.29 is 24.2 Å². The quantitative estimate of drug-likeness (QED) is 0.558. The maximum atomic E-state index is 12.6. The van der Waals surface area contributed by atoms with E-state index in [4.69, 9.17) is 4.74 Å². The molecule has 6 nitrogen and oxygen atoms in total. The van der Waals surface area contributed by atoms with Crippen LogP contribution in [0.4, 0.5) is 4.79 Å². The Morgan fingerprint density at radius 1 is 0.906 bits per heavy atom. The number of alkyl carbamates (subject to hydrolysis) is 1. The Balaban J connectivity index is 1.46. The van der Waals surface area contributed by atoms with Crippen molar-refractivity contribution in [2.75, 3.05) is 13.7 Å². The van der Waals surface area contributed by atoms with Gasteiger partial charge in [0.2, 0.25) is 0 Å². The Morgan fingerprint density at radius 2 is 1.47 bits per heavy atom. The van der Waals surface area contributed by atoms with Gasteiger partial charge in [-0.05, 0) is 34.2 Å². The first-order valence-corrected chi connectivity index (χ1v) is 10.5. The summed E-state index contributed by atoms with van der Waals surface area (Å²) in [4.78, 5) is 24.5. The van der Waals surface area contributed by atoms with Gasteiger partial charge in [0.15, 0.2) is 6.10 Å². The summed E-state index contributed by atoms with van der Waals surface area (Å²) >= 11 is 0. The molecule has 2 N–H and O–H groups in total.